The molecule has 0 aromatic heterocycles. The van der Waals surface area contributed by atoms with E-state index in [0.717, 1.165) is 51.4 Å². The van der Waals surface area contributed by atoms with Gasteiger partial charge < -0.3 is 14.9 Å². The molecule has 3 heteroatoms. The van der Waals surface area contributed by atoms with E-state index in [-0.39, 0.29) is 11.5 Å². The van der Waals surface area contributed by atoms with Crippen LogP contribution in [-0.4, -0.2) is 35.1 Å². The second-order valence-electron chi connectivity index (χ2n) is 8.45. The van der Waals surface area contributed by atoms with Crippen LogP contribution in [0.2, 0.25) is 0 Å². The highest BCUT2D eigenvalue weighted by Crippen LogP contribution is 2.57. The van der Waals surface area contributed by atoms with Crippen LogP contribution in [0, 0.1) is 17.3 Å². The van der Waals surface area contributed by atoms with E-state index in [9.17, 15) is 10.2 Å². The van der Waals surface area contributed by atoms with E-state index >= 15 is 0 Å². The molecule has 0 aromatic carbocycles. The van der Waals surface area contributed by atoms with Gasteiger partial charge >= 0.3 is 0 Å². The summed E-state index contributed by atoms with van der Waals surface area (Å²) < 4.78 is 5.87. The van der Waals surface area contributed by atoms with Gasteiger partial charge in [-0.2, -0.15) is 0 Å². The molecule has 0 aromatic rings. The van der Waals surface area contributed by atoms with Crippen molar-refractivity contribution in [1.29, 1.82) is 0 Å². The van der Waals surface area contributed by atoms with Crippen molar-refractivity contribution in [1.82, 2.24) is 0 Å². The molecule has 4 atom stereocenters. The Morgan fingerprint density at radius 1 is 1.25 bits per heavy atom. The smallest absolute Gasteiger partial charge is 0.0677 e. The first-order chi connectivity index (χ1) is 11.4. The fraction of sp³-hybridized carbons (Fsp3) is 0.905. The van der Waals surface area contributed by atoms with Crippen LogP contribution in [0.1, 0.15) is 78.6 Å². The van der Waals surface area contributed by atoms with Crippen molar-refractivity contribution >= 4 is 0 Å². The molecule has 0 saturated heterocycles. The van der Waals surface area contributed by atoms with Gasteiger partial charge in [0.15, 0.2) is 0 Å². The molecule has 2 rings (SSSR count). The van der Waals surface area contributed by atoms with E-state index in [1.165, 1.54) is 12.0 Å². The second-order valence-corrected chi connectivity index (χ2v) is 8.45. The van der Waals surface area contributed by atoms with Gasteiger partial charge in [0.05, 0.1) is 18.3 Å². The number of hydrogen-bond donors (Lipinski definition) is 2. The van der Waals surface area contributed by atoms with Crippen LogP contribution in [-0.2, 0) is 4.74 Å². The average Bonchev–Trinajstić information content (AvgIpc) is 2.92. The van der Waals surface area contributed by atoms with Gasteiger partial charge in [0, 0.05) is 6.61 Å². The summed E-state index contributed by atoms with van der Waals surface area (Å²) in [6.07, 6.45) is 8.77. The van der Waals surface area contributed by atoms with Crippen molar-refractivity contribution in [2.24, 2.45) is 17.3 Å². The summed E-state index contributed by atoms with van der Waals surface area (Å²) in [4.78, 5) is 0. The lowest BCUT2D eigenvalue weighted by Gasteiger charge is -2.44. The molecule has 0 amide bonds. The maximum absolute atomic E-state index is 10.3. The molecule has 2 aliphatic carbocycles. The molecular weight excluding hydrogens is 300 g/mol. The molecule has 0 radical (unpaired) electrons. The minimum Gasteiger partial charge on any atom is -0.393 e. The van der Waals surface area contributed by atoms with E-state index in [2.05, 4.69) is 13.5 Å². The Kier molecular flexibility index (Phi) is 6.92. The predicted octanol–water partition coefficient (Wildman–Crippen LogP) is 4.47. The minimum atomic E-state index is -0.523. The van der Waals surface area contributed by atoms with Crippen LogP contribution in [0.25, 0.3) is 0 Å². The van der Waals surface area contributed by atoms with Gasteiger partial charge in [0.2, 0.25) is 0 Å². The lowest BCUT2D eigenvalue weighted by Crippen LogP contribution is -2.40. The monoisotopic (exact) mass is 338 g/mol. The number of rotatable bonds is 9. The highest BCUT2D eigenvalue weighted by molar-refractivity contribution is 5.14. The Morgan fingerprint density at radius 3 is 2.62 bits per heavy atom. The first kappa shape index (κ1) is 19.9. The number of ether oxygens (including phenoxy) is 1. The fourth-order valence-electron chi connectivity index (χ4n) is 5.23. The SMILES string of the molecule is C=C(COCCCC(O)(CC)CC)[C@H]1CC[C@H]2[C@@H](O)CCC[C@]12C. The van der Waals surface area contributed by atoms with Crippen molar-refractivity contribution in [3.8, 4) is 0 Å². The van der Waals surface area contributed by atoms with Crippen LogP contribution < -0.4 is 0 Å². The molecule has 2 N–H and O–H groups in total. The van der Waals surface area contributed by atoms with Gasteiger partial charge in [0.25, 0.3) is 0 Å². The van der Waals surface area contributed by atoms with Crippen LogP contribution in [0.15, 0.2) is 12.2 Å². The maximum Gasteiger partial charge on any atom is 0.0677 e. The molecule has 2 fully saturated rings. The molecule has 140 valence electrons. The summed E-state index contributed by atoms with van der Waals surface area (Å²) in [6, 6.07) is 0. The minimum absolute atomic E-state index is 0.122. The zero-order valence-corrected chi connectivity index (χ0v) is 16.0. The van der Waals surface area contributed by atoms with Crippen molar-refractivity contribution < 1.29 is 14.9 Å². The first-order valence-electron chi connectivity index (χ1n) is 10.0. The van der Waals surface area contributed by atoms with Gasteiger partial charge in [0.1, 0.15) is 0 Å². The van der Waals surface area contributed by atoms with Crippen molar-refractivity contribution in [2.45, 2.75) is 90.3 Å². The second kappa shape index (κ2) is 8.33. The highest BCUT2D eigenvalue weighted by atomic mass is 16.5. The molecule has 24 heavy (non-hydrogen) atoms. The molecule has 3 nitrogen and oxygen atoms in total. The zero-order valence-electron chi connectivity index (χ0n) is 16.0. The summed E-state index contributed by atoms with van der Waals surface area (Å²) in [5.41, 5.74) is 0.892. The Bertz CT molecular complexity index is 415. The van der Waals surface area contributed by atoms with Crippen molar-refractivity contribution in [3.63, 3.8) is 0 Å². The Labute approximate surface area is 148 Å². The van der Waals surface area contributed by atoms with E-state index in [4.69, 9.17) is 4.74 Å². The summed E-state index contributed by atoms with van der Waals surface area (Å²) in [6.45, 7) is 12.1. The summed E-state index contributed by atoms with van der Waals surface area (Å²) in [5, 5.41) is 20.6. The van der Waals surface area contributed by atoms with Gasteiger partial charge in [-0.15, -0.1) is 0 Å². The molecular formula is C21H38O3. The van der Waals surface area contributed by atoms with E-state index in [1.54, 1.807) is 0 Å². The van der Waals surface area contributed by atoms with Gasteiger partial charge in [-0.1, -0.05) is 33.8 Å². The fourth-order valence-corrected chi connectivity index (χ4v) is 5.23. The highest BCUT2D eigenvalue weighted by Gasteiger charge is 2.51. The van der Waals surface area contributed by atoms with Crippen LogP contribution in [0.4, 0.5) is 0 Å². The molecule has 2 aliphatic rings. The Morgan fingerprint density at radius 2 is 1.96 bits per heavy atom. The molecule has 0 spiro atoms. The molecule has 0 bridgehead atoms. The third kappa shape index (κ3) is 4.23. The Balaban J connectivity index is 1.75. The number of aliphatic hydroxyl groups is 2. The predicted molar refractivity (Wildman–Crippen MR) is 98.9 cm³/mol. The van der Waals surface area contributed by atoms with E-state index in [1.807, 2.05) is 13.8 Å². The normalized spacial score (nSPS) is 33.5. The molecule has 2 saturated carbocycles. The van der Waals surface area contributed by atoms with Crippen LogP contribution in [0.5, 0.6) is 0 Å². The van der Waals surface area contributed by atoms with Crippen molar-refractivity contribution in [3.05, 3.63) is 12.2 Å². The molecule has 0 unspecified atom stereocenters. The summed E-state index contributed by atoms with van der Waals surface area (Å²) in [7, 11) is 0. The standard InChI is InChI=1S/C21H38O3/c1-5-21(23,6-2)13-8-14-24-15-16(3)17-10-11-18-19(22)9-7-12-20(17,18)4/h17-19,22-23H,3,5-15H2,1-2,4H3/t17-,18+,19+,20-/m1/s1. The van der Waals surface area contributed by atoms with Gasteiger partial charge in [-0.25, -0.2) is 0 Å². The number of fused-ring (bicyclic) bond motifs is 1. The van der Waals surface area contributed by atoms with Gasteiger partial charge in [-0.05, 0) is 74.2 Å². The number of aliphatic hydroxyl groups excluding tert-OH is 1. The van der Waals surface area contributed by atoms with E-state index < -0.39 is 5.60 Å². The quantitative estimate of drug-likeness (QED) is 0.482. The topological polar surface area (TPSA) is 49.7 Å². The lowest BCUT2D eigenvalue weighted by molar-refractivity contribution is -0.0137. The summed E-state index contributed by atoms with van der Waals surface area (Å²) in [5.74, 6) is 0.928. The third-order valence-corrected chi connectivity index (χ3v) is 7.12. The van der Waals surface area contributed by atoms with Crippen LogP contribution in [0.3, 0.4) is 0 Å². The number of hydrogen-bond acceptors (Lipinski definition) is 3. The van der Waals surface area contributed by atoms with Gasteiger partial charge in [-0.3, -0.25) is 0 Å². The summed E-state index contributed by atoms with van der Waals surface area (Å²) >= 11 is 0. The average molecular weight is 339 g/mol. The molecule has 0 heterocycles. The molecule has 0 aliphatic heterocycles. The maximum atomic E-state index is 10.3. The third-order valence-electron chi connectivity index (χ3n) is 7.12. The lowest BCUT2D eigenvalue weighted by atomic mass is 9.63. The largest absolute Gasteiger partial charge is 0.393 e. The van der Waals surface area contributed by atoms with Crippen molar-refractivity contribution in [2.75, 3.05) is 13.2 Å². The van der Waals surface area contributed by atoms with E-state index in [0.29, 0.717) is 25.0 Å². The first-order valence-corrected chi connectivity index (χ1v) is 10.0. The van der Waals surface area contributed by atoms with Crippen LogP contribution >= 0.6 is 0 Å². The zero-order chi connectivity index (χ0) is 17.8. The Hall–Kier alpha value is -0.380.